The van der Waals surface area contributed by atoms with E-state index < -0.39 is 0 Å². The maximum Gasteiger partial charge on any atom is 0.122 e. The molecule has 0 saturated carbocycles. The average molecular weight is 208 g/mol. The second-order valence-corrected chi connectivity index (χ2v) is 4.92. The van der Waals surface area contributed by atoms with Gasteiger partial charge in [-0.05, 0) is 35.6 Å². The third-order valence-electron chi connectivity index (χ3n) is 2.21. The van der Waals surface area contributed by atoms with Gasteiger partial charge in [-0.25, -0.2) is 0 Å². The molecule has 0 unspecified atom stereocenters. The highest BCUT2D eigenvalue weighted by Crippen LogP contribution is 2.30. The third-order valence-corrected chi connectivity index (χ3v) is 2.21. The molecule has 1 rings (SSSR count). The Labute approximate surface area is 92.2 Å². The van der Waals surface area contributed by atoms with Crippen molar-refractivity contribution in [3.8, 4) is 11.5 Å². The highest BCUT2D eigenvalue weighted by Gasteiger charge is 2.15. The van der Waals surface area contributed by atoms with Crippen molar-refractivity contribution in [3.63, 3.8) is 0 Å². The van der Waals surface area contributed by atoms with Crippen LogP contribution in [0.15, 0.2) is 18.2 Å². The van der Waals surface area contributed by atoms with Crippen molar-refractivity contribution in [3.05, 3.63) is 23.8 Å². The largest absolute Gasteiger partial charge is 0.497 e. The normalized spacial score (nSPS) is 11.3. The Bertz CT molecular complexity index is 324. The highest BCUT2D eigenvalue weighted by molar-refractivity contribution is 5.40. The van der Waals surface area contributed by atoms with Crippen LogP contribution in [0, 0.1) is 5.41 Å². The summed E-state index contributed by atoms with van der Waals surface area (Å²) in [6.45, 7) is 6.64. The van der Waals surface area contributed by atoms with E-state index in [9.17, 15) is 0 Å². The molecule has 0 heterocycles. The molecule has 0 radical (unpaired) electrons. The Balaban J connectivity index is 3.01. The fraction of sp³-hybridized carbons (Fsp3) is 0.538. The van der Waals surface area contributed by atoms with Crippen molar-refractivity contribution >= 4 is 0 Å². The van der Waals surface area contributed by atoms with Gasteiger partial charge in [-0.1, -0.05) is 20.8 Å². The summed E-state index contributed by atoms with van der Waals surface area (Å²) in [6.07, 6.45) is 0.980. The van der Waals surface area contributed by atoms with Gasteiger partial charge in [0.1, 0.15) is 11.5 Å². The van der Waals surface area contributed by atoms with Crippen LogP contribution in [-0.2, 0) is 6.42 Å². The molecule has 0 amide bonds. The van der Waals surface area contributed by atoms with E-state index in [1.807, 2.05) is 18.2 Å². The predicted octanol–water partition coefficient (Wildman–Crippen LogP) is 3.29. The lowest BCUT2D eigenvalue weighted by atomic mass is 9.88. The fourth-order valence-electron chi connectivity index (χ4n) is 1.59. The molecular weight excluding hydrogens is 188 g/mol. The summed E-state index contributed by atoms with van der Waals surface area (Å²) in [4.78, 5) is 0. The van der Waals surface area contributed by atoms with Gasteiger partial charge in [-0.2, -0.15) is 0 Å². The van der Waals surface area contributed by atoms with Crippen LogP contribution in [0.2, 0.25) is 0 Å². The van der Waals surface area contributed by atoms with E-state index in [1.165, 1.54) is 5.56 Å². The molecule has 0 aliphatic carbocycles. The van der Waals surface area contributed by atoms with Crippen LogP contribution in [0.5, 0.6) is 11.5 Å². The van der Waals surface area contributed by atoms with Gasteiger partial charge >= 0.3 is 0 Å². The van der Waals surface area contributed by atoms with Crippen molar-refractivity contribution in [1.29, 1.82) is 0 Å². The molecule has 0 spiro atoms. The molecule has 1 aromatic carbocycles. The van der Waals surface area contributed by atoms with Crippen molar-refractivity contribution in [2.75, 3.05) is 14.2 Å². The van der Waals surface area contributed by atoms with Crippen LogP contribution in [0.3, 0.4) is 0 Å². The minimum Gasteiger partial charge on any atom is -0.497 e. The second kappa shape index (κ2) is 4.56. The Morgan fingerprint density at radius 1 is 1.07 bits per heavy atom. The first-order chi connectivity index (χ1) is 6.96. The van der Waals surface area contributed by atoms with Gasteiger partial charge in [-0.3, -0.25) is 0 Å². The molecule has 2 heteroatoms. The first kappa shape index (κ1) is 11.9. The van der Waals surface area contributed by atoms with Crippen LogP contribution in [-0.4, -0.2) is 14.2 Å². The SMILES string of the molecule is COc1ccc(OC)c(CC(C)(C)C)c1. The molecule has 15 heavy (non-hydrogen) atoms. The van der Waals surface area contributed by atoms with E-state index >= 15 is 0 Å². The van der Waals surface area contributed by atoms with E-state index in [2.05, 4.69) is 20.8 Å². The Hall–Kier alpha value is -1.18. The Morgan fingerprint density at radius 3 is 2.20 bits per heavy atom. The van der Waals surface area contributed by atoms with Crippen molar-refractivity contribution < 1.29 is 9.47 Å². The van der Waals surface area contributed by atoms with Crippen molar-refractivity contribution in [2.45, 2.75) is 27.2 Å². The molecule has 0 aliphatic heterocycles. The maximum atomic E-state index is 5.34. The van der Waals surface area contributed by atoms with E-state index in [0.717, 1.165) is 17.9 Å². The zero-order valence-corrected chi connectivity index (χ0v) is 10.3. The summed E-state index contributed by atoms with van der Waals surface area (Å²) in [7, 11) is 3.39. The Kier molecular flexibility index (Phi) is 3.61. The zero-order chi connectivity index (χ0) is 11.5. The molecule has 0 aromatic heterocycles. The summed E-state index contributed by atoms with van der Waals surface area (Å²) in [5.41, 5.74) is 1.45. The lowest BCUT2D eigenvalue weighted by Gasteiger charge is -2.20. The first-order valence-corrected chi connectivity index (χ1v) is 5.17. The molecule has 0 fully saturated rings. The molecule has 0 saturated heterocycles. The van der Waals surface area contributed by atoms with E-state index in [4.69, 9.17) is 9.47 Å². The summed E-state index contributed by atoms with van der Waals surface area (Å²) < 4.78 is 10.5. The molecule has 0 atom stereocenters. The maximum absolute atomic E-state index is 5.34. The topological polar surface area (TPSA) is 18.5 Å². The lowest BCUT2D eigenvalue weighted by molar-refractivity contribution is 0.373. The van der Waals surface area contributed by atoms with Crippen molar-refractivity contribution in [1.82, 2.24) is 0 Å². The number of ether oxygens (including phenoxy) is 2. The number of methoxy groups -OCH3 is 2. The van der Waals surface area contributed by atoms with Crippen molar-refractivity contribution in [2.24, 2.45) is 5.41 Å². The van der Waals surface area contributed by atoms with E-state index in [0.29, 0.717) is 0 Å². The van der Waals surface area contributed by atoms with Gasteiger partial charge in [0, 0.05) is 0 Å². The molecule has 0 bridgehead atoms. The fourth-order valence-corrected chi connectivity index (χ4v) is 1.59. The number of hydrogen-bond acceptors (Lipinski definition) is 2. The molecule has 84 valence electrons. The van der Waals surface area contributed by atoms with Crippen LogP contribution in [0.4, 0.5) is 0 Å². The van der Waals surface area contributed by atoms with E-state index in [-0.39, 0.29) is 5.41 Å². The van der Waals surface area contributed by atoms with Crippen LogP contribution >= 0.6 is 0 Å². The predicted molar refractivity (Wildman–Crippen MR) is 62.7 cm³/mol. The quantitative estimate of drug-likeness (QED) is 0.758. The van der Waals surface area contributed by atoms with Gasteiger partial charge in [0.15, 0.2) is 0 Å². The molecule has 0 N–H and O–H groups in total. The number of benzene rings is 1. The number of hydrogen-bond donors (Lipinski definition) is 0. The lowest BCUT2D eigenvalue weighted by Crippen LogP contribution is -2.10. The molecule has 1 aromatic rings. The average Bonchev–Trinajstić information content (AvgIpc) is 2.15. The summed E-state index contributed by atoms with van der Waals surface area (Å²) in [5, 5.41) is 0. The monoisotopic (exact) mass is 208 g/mol. The third kappa shape index (κ3) is 3.46. The second-order valence-electron chi connectivity index (χ2n) is 4.92. The Morgan fingerprint density at radius 2 is 1.73 bits per heavy atom. The molecule has 0 aliphatic rings. The van der Waals surface area contributed by atoms with Crippen LogP contribution in [0.25, 0.3) is 0 Å². The summed E-state index contributed by atoms with van der Waals surface area (Å²) in [6, 6.07) is 5.93. The smallest absolute Gasteiger partial charge is 0.122 e. The highest BCUT2D eigenvalue weighted by atomic mass is 16.5. The molecular formula is C13H20O2. The first-order valence-electron chi connectivity index (χ1n) is 5.17. The van der Waals surface area contributed by atoms with Crippen LogP contribution in [0.1, 0.15) is 26.3 Å². The summed E-state index contributed by atoms with van der Waals surface area (Å²) in [5.74, 6) is 1.82. The van der Waals surface area contributed by atoms with Gasteiger partial charge in [-0.15, -0.1) is 0 Å². The minimum absolute atomic E-state index is 0.250. The van der Waals surface area contributed by atoms with E-state index in [1.54, 1.807) is 14.2 Å². The van der Waals surface area contributed by atoms with Gasteiger partial charge in [0.05, 0.1) is 14.2 Å². The van der Waals surface area contributed by atoms with Gasteiger partial charge < -0.3 is 9.47 Å². The number of rotatable bonds is 3. The molecule has 2 nitrogen and oxygen atoms in total. The summed E-state index contributed by atoms with van der Waals surface area (Å²) >= 11 is 0. The standard InChI is InChI=1S/C13H20O2/c1-13(2,3)9-10-8-11(14-4)6-7-12(10)15-5/h6-8H,9H2,1-5H3. The zero-order valence-electron chi connectivity index (χ0n) is 10.3. The van der Waals surface area contributed by atoms with Gasteiger partial charge in [0.25, 0.3) is 0 Å². The van der Waals surface area contributed by atoms with Gasteiger partial charge in [0.2, 0.25) is 0 Å². The minimum atomic E-state index is 0.250. The van der Waals surface area contributed by atoms with Crippen LogP contribution < -0.4 is 9.47 Å².